The number of carbonyl (C=O) groups excluding carboxylic acids is 1. The van der Waals surface area contributed by atoms with E-state index in [1.807, 2.05) is 19.1 Å². The molecule has 2 aromatic rings. The fraction of sp³-hybridized carbons (Fsp3) is 0.250. The van der Waals surface area contributed by atoms with Gasteiger partial charge in [0.15, 0.2) is 5.82 Å². The predicted molar refractivity (Wildman–Crippen MR) is 87.8 cm³/mol. The van der Waals surface area contributed by atoms with Crippen molar-refractivity contribution < 1.29 is 13.9 Å². The van der Waals surface area contributed by atoms with Gasteiger partial charge in [0.1, 0.15) is 0 Å². The maximum Gasteiger partial charge on any atom is 0.411 e. The number of ether oxygens (including phenoxy) is 1. The van der Waals surface area contributed by atoms with Gasteiger partial charge < -0.3 is 15.8 Å². The summed E-state index contributed by atoms with van der Waals surface area (Å²) in [5, 5.41) is 5.33. The molecule has 7 heteroatoms. The minimum atomic E-state index is -0.678. The zero-order valence-corrected chi connectivity index (χ0v) is 13.0. The summed E-state index contributed by atoms with van der Waals surface area (Å²) in [5.41, 5.74) is 7.80. The Morgan fingerprint density at radius 3 is 2.70 bits per heavy atom. The second kappa shape index (κ2) is 7.44. The summed E-state index contributed by atoms with van der Waals surface area (Å²) >= 11 is 0. The summed E-state index contributed by atoms with van der Waals surface area (Å²) < 4.78 is 19.0. The number of aryl methyl sites for hydroxylation is 1. The number of nitrogen functional groups attached to an aromatic ring is 1. The van der Waals surface area contributed by atoms with E-state index in [0.717, 1.165) is 11.3 Å². The number of nitrogens with two attached hydrogens (primary N) is 1. The molecule has 6 nitrogen and oxygen atoms in total. The highest BCUT2D eigenvalue weighted by Crippen LogP contribution is 2.28. The molecule has 122 valence electrons. The maximum atomic E-state index is 14.3. The van der Waals surface area contributed by atoms with Gasteiger partial charge in [0.05, 0.1) is 35.9 Å². The fourth-order valence-corrected chi connectivity index (χ4v) is 1.90. The molecule has 0 bridgehead atoms. The van der Waals surface area contributed by atoms with Crippen molar-refractivity contribution in [2.45, 2.75) is 20.4 Å². The van der Waals surface area contributed by atoms with E-state index in [1.54, 1.807) is 13.1 Å². The van der Waals surface area contributed by atoms with Crippen LogP contribution in [-0.4, -0.2) is 17.7 Å². The Morgan fingerprint density at radius 1 is 1.30 bits per heavy atom. The summed E-state index contributed by atoms with van der Waals surface area (Å²) in [7, 11) is 0. The summed E-state index contributed by atoms with van der Waals surface area (Å²) in [6.45, 7) is 4.20. The second-order valence-corrected chi connectivity index (χ2v) is 4.91. The van der Waals surface area contributed by atoms with Gasteiger partial charge in [-0.15, -0.1) is 0 Å². The molecule has 0 fully saturated rings. The third kappa shape index (κ3) is 4.32. The third-order valence-electron chi connectivity index (χ3n) is 3.12. The van der Waals surface area contributed by atoms with Crippen molar-refractivity contribution in [2.75, 3.05) is 23.0 Å². The van der Waals surface area contributed by atoms with Gasteiger partial charge in [0.25, 0.3) is 0 Å². The number of hydrogen-bond donors (Lipinski definition) is 3. The van der Waals surface area contributed by atoms with E-state index in [1.165, 1.54) is 12.1 Å². The lowest BCUT2D eigenvalue weighted by atomic mass is 10.2. The smallest absolute Gasteiger partial charge is 0.411 e. The first-order valence-corrected chi connectivity index (χ1v) is 7.18. The Balaban J connectivity index is 2.07. The van der Waals surface area contributed by atoms with Gasteiger partial charge in [-0.25, -0.2) is 9.18 Å². The second-order valence-electron chi connectivity index (χ2n) is 4.91. The summed E-state index contributed by atoms with van der Waals surface area (Å²) in [6, 6.07) is 6.81. The van der Waals surface area contributed by atoms with Gasteiger partial charge in [0, 0.05) is 6.20 Å². The number of rotatable bonds is 5. The number of nitrogens with one attached hydrogen (secondary N) is 2. The number of carbonyl (C=O) groups is 1. The molecule has 1 aromatic heterocycles. The summed E-state index contributed by atoms with van der Waals surface area (Å²) in [5.74, 6) is -0.633. The van der Waals surface area contributed by atoms with Gasteiger partial charge in [0.2, 0.25) is 0 Å². The minimum absolute atomic E-state index is 0.153. The lowest BCUT2D eigenvalue weighted by molar-refractivity contribution is 0.168. The lowest BCUT2D eigenvalue weighted by Gasteiger charge is -2.13. The molecule has 0 saturated heterocycles. The highest BCUT2D eigenvalue weighted by atomic mass is 19.1. The molecule has 1 heterocycles. The van der Waals surface area contributed by atoms with Crippen molar-refractivity contribution >= 4 is 23.2 Å². The quantitative estimate of drug-likeness (QED) is 0.736. The van der Waals surface area contributed by atoms with Crippen LogP contribution in [0.2, 0.25) is 0 Å². The van der Waals surface area contributed by atoms with E-state index in [9.17, 15) is 9.18 Å². The molecule has 0 aliphatic carbocycles. The SMILES string of the molecule is CCOC(=O)Nc1ccc(NCc2ccc(C)cn2)c(F)c1N. The van der Waals surface area contributed by atoms with Gasteiger partial charge >= 0.3 is 6.09 Å². The zero-order valence-electron chi connectivity index (χ0n) is 13.0. The molecule has 0 spiro atoms. The van der Waals surface area contributed by atoms with E-state index < -0.39 is 11.9 Å². The minimum Gasteiger partial charge on any atom is -0.450 e. The van der Waals surface area contributed by atoms with Crippen LogP contribution in [0.3, 0.4) is 0 Å². The van der Waals surface area contributed by atoms with E-state index in [0.29, 0.717) is 6.54 Å². The lowest BCUT2D eigenvalue weighted by Crippen LogP contribution is -2.15. The van der Waals surface area contributed by atoms with Gasteiger partial charge in [-0.05, 0) is 37.6 Å². The highest BCUT2D eigenvalue weighted by molar-refractivity contribution is 5.90. The average molecular weight is 318 g/mol. The molecule has 0 aliphatic heterocycles. The Hall–Kier alpha value is -2.83. The molecule has 0 unspecified atom stereocenters. The number of hydrogen-bond acceptors (Lipinski definition) is 5. The largest absolute Gasteiger partial charge is 0.450 e. The normalized spacial score (nSPS) is 10.2. The molecule has 2 rings (SSSR count). The van der Waals surface area contributed by atoms with Crippen LogP contribution in [0.5, 0.6) is 0 Å². The molecular weight excluding hydrogens is 299 g/mol. The molecule has 1 aromatic carbocycles. The Kier molecular flexibility index (Phi) is 5.35. The first-order valence-electron chi connectivity index (χ1n) is 7.18. The van der Waals surface area contributed by atoms with Crippen LogP contribution in [0.15, 0.2) is 30.5 Å². The molecule has 0 saturated carbocycles. The van der Waals surface area contributed by atoms with Crippen molar-refractivity contribution in [2.24, 2.45) is 0 Å². The number of pyridine rings is 1. The Labute approximate surface area is 133 Å². The van der Waals surface area contributed by atoms with Crippen LogP contribution in [0.25, 0.3) is 0 Å². The first kappa shape index (κ1) is 16.5. The van der Waals surface area contributed by atoms with Gasteiger partial charge in [-0.2, -0.15) is 0 Å². The van der Waals surface area contributed by atoms with Gasteiger partial charge in [-0.1, -0.05) is 6.07 Å². The van der Waals surface area contributed by atoms with Crippen LogP contribution in [0.4, 0.5) is 26.2 Å². The molecule has 0 radical (unpaired) electrons. The monoisotopic (exact) mass is 318 g/mol. The van der Waals surface area contributed by atoms with Crippen molar-refractivity contribution in [3.8, 4) is 0 Å². The van der Waals surface area contributed by atoms with Crippen molar-refractivity contribution in [1.82, 2.24) is 4.98 Å². The molecule has 1 amide bonds. The standard InChI is InChI=1S/C16H19FN4O2/c1-3-23-16(22)21-13-7-6-12(14(17)15(13)18)20-9-11-5-4-10(2)8-19-11/h4-8,20H,3,9,18H2,1-2H3,(H,21,22). The van der Waals surface area contributed by atoms with E-state index in [4.69, 9.17) is 10.5 Å². The topological polar surface area (TPSA) is 89.3 Å². The predicted octanol–water partition coefficient (Wildman–Crippen LogP) is 3.29. The number of nitrogens with zero attached hydrogens (tertiary/aromatic N) is 1. The molecular formula is C16H19FN4O2. The number of anilines is 3. The highest BCUT2D eigenvalue weighted by Gasteiger charge is 2.13. The summed E-state index contributed by atoms with van der Waals surface area (Å²) in [4.78, 5) is 15.6. The number of benzene rings is 1. The molecule has 0 atom stereocenters. The van der Waals surface area contributed by atoms with E-state index >= 15 is 0 Å². The summed E-state index contributed by atoms with van der Waals surface area (Å²) in [6.07, 6.45) is 1.07. The van der Waals surface area contributed by atoms with Gasteiger partial charge in [-0.3, -0.25) is 10.3 Å². The van der Waals surface area contributed by atoms with Crippen LogP contribution in [-0.2, 0) is 11.3 Å². The van der Waals surface area contributed by atoms with Crippen molar-refractivity contribution in [1.29, 1.82) is 0 Å². The average Bonchev–Trinajstić information content (AvgIpc) is 2.53. The van der Waals surface area contributed by atoms with Crippen LogP contribution >= 0.6 is 0 Å². The van der Waals surface area contributed by atoms with Crippen molar-refractivity contribution in [3.63, 3.8) is 0 Å². The maximum absolute atomic E-state index is 14.3. The van der Waals surface area contributed by atoms with Crippen LogP contribution in [0, 0.1) is 12.7 Å². The molecule has 0 aliphatic rings. The van der Waals surface area contributed by atoms with Crippen LogP contribution < -0.4 is 16.4 Å². The Bertz CT molecular complexity index is 689. The number of amides is 1. The number of aromatic nitrogens is 1. The first-order chi connectivity index (χ1) is 11.0. The zero-order chi connectivity index (χ0) is 16.8. The molecule has 4 N–H and O–H groups in total. The Morgan fingerprint density at radius 2 is 2.04 bits per heavy atom. The van der Waals surface area contributed by atoms with Crippen LogP contribution in [0.1, 0.15) is 18.2 Å². The molecule has 23 heavy (non-hydrogen) atoms. The fourth-order valence-electron chi connectivity index (χ4n) is 1.90. The third-order valence-corrected chi connectivity index (χ3v) is 3.12. The van der Waals surface area contributed by atoms with E-state index in [2.05, 4.69) is 15.6 Å². The van der Waals surface area contributed by atoms with Crippen molar-refractivity contribution in [3.05, 3.63) is 47.5 Å². The van der Waals surface area contributed by atoms with E-state index in [-0.39, 0.29) is 23.7 Å². The number of halogens is 1.